The zero-order chi connectivity index (χ0) is 14.2. The second-order valence-electron chi connectivity index (χ2n) is 4.91. The fourth-order valence-electron chi connectivity index (χ4n) is 2.24. The molecular formula is C14H23N3O2S. The van der Waals surface area contributed by atoms with Crippen LogP contribution >= 0.6 is 11.3 Å². The van der Waals surface area contributed by atoms with Crippen molar-refractivity contribution in [1.29, 1.82) is 0 Å². The van der Waals surface area contributed by atoms with Gasteiger partial charge in [0.25, 0.3) is 0 Å². The first-order valence-corrected chi connectivity index (χ1v) is 7.89. The summed E-state index contributed by atoms with van der Waals surface area (Å²) in [5, 5.41) is 5.35. The summed E-state index contributed by atoms with van der Waals surface area (Å²) in [4.78, 5) is 17.8. The molecule has 0 radical (unpaired) electrons. The average Bonchev–Trinajstić information content (AvgIpc) is 2.97. The van der Waals surface area contributed by atoms with E-state index in [1.165, 1.54) is 4.88 Å². The van der Waals surface area contributed by atoms with Gasteiger partial charge in [-0.2, -0.15) is 0 Å². The van der Waals surface area contributed by atoms with Gasteiger partial charge < -0.3 is 15.0 Å². The van der Waals surface area contributed by atoms with Gasteiger partial charge in [-0.1, -0.05) is 6.07 Å². The summed E-state index contributed by atoms with van der Waals surface area (Å²) in [5.74, 6) is 0.192. The van der Waals surface area contributed by atoms with Crippen LogP contribution in [0.15, 0.2) is 17.5 Å². The average molecular weight is 297 g/mol. The number of nitrogens with one attached hydrogen (secondary N) is 1. The third-order valence-electron chi connectivity index (χ3n) is 3.41. The molecule has 0 unspecified atom stereocenters. The zero-order valence-electron chi connectivity index (χ0n) is 12.0. The number of rotatable bonds is 7. The summed E-state index contributed by atoms with van der Waals surface area (Å²) < 4.78 is 5.12. The number of ether oxygens (including phenoxy) is 1. The summed E-state index contributed by atoms with van der Waals surface area (Å²) in [6, 6.07) is 4.10. The first kappa shape index (κ1) is 15.4. The quantitative estimate of drug-likeness (QED) is 0.802. The molecule has 0 aromatic carbocycles. The zero-order valence-corrected chi connectivity index (χ0v) is 12.8. The normalized spacial score (nSPS) is 16.2. The Labute approximate surface area is 124 Å². The van der Waals surface area contributed by atoms with Crippen molar-refractivity contribution in [2.45, 2.75) is 6.54 Å². The third kappa shape index (κ3) is 4.86. The lowest BCUT2D eigenvalue weighted by Gasteiger charge is -2.29. The van der Waals surface area contributed by atoms with Crippen molar-refractivity contribution >= 4 is 17.2 Å². The second kappa shape index (κ2) is 8.36. The van der Waals surface area contributed by atoms with Gasteiger partial charge in [0.15, 0.2) is 0 Å². The Bertz CT molecular complexity index is 391. The standard InChI is InChI=1S/C14H23N3O2S/c1-19-9-8-17(11-13-3-2-10-20-13)14(18)12-16-6-4-15-5-7-16/h2-3,10,15H,4-9,11-12H2,1H3. The molecule has 1 aromatic rings. The van der Waals surface area contributed by atoms with Crippen LogP contribution in [0, 0.1) is 0 Å². The Hall–Kier alpha value is -0.950. The van der Waals surface area contributed by atoms with Crippen molar-refractivity contribution in [1.82, 2.24) is 15.1 Å². The second-order valence-corrected chi connectivity index (χ2v) is 5.95. The van der Waals surface area contributed by atoms with Gasteiger partial charge in [0, 0.05) is 44.7 Å². The number of hydrogen-bond donors (Lipinski definition) is 1. The first-order valence-electron chi connectivity index (χ1n) is 7.02. The number of nitrogens with zero attached hydrogens (tertiary/aromatic N) is 2. The van der Waals surface area contributed by atoms with E-state index in [0.717, 1.165) is 26.2 Å². The highest BCUT2D eigenvalue weighted by molar-refractivity contribution is 7.09. The lowest BCUT2D eigenvalue weighted by molar-refractivity contribution is -0.133. The molecule has 2 heterocycles. The molecule has 0 saturated carbocycles. The van der Waals surface area contributed by atoms with Crippen molar-refractivity contribution < 1.29 is 9.53 Å². The maximum atomic E-state index is 12.5. The topological polar surface area (TPSA) is 44.8 Å². The molecule has 20 heavy (non-hydrogen) atoms. The van der Waals surface area contributed by atoms with Crippen molar-refractivity contribution in [3.05, 3.63) is 22.4 Å². The maximum Gasteiger partial charge on any atom is 0.237 e. The van der Waals surface area contributed by atoms with E-state index in [0.29, 0.717) is 26.2 Å². The van der Waals surface area contributed by atoms with Gasteiger partial charge in [-0.05, 0) is 11.4 Å². The summed E-state index contributed by atoms with van der Waals surface area (Å²) in [7, 11) is 1.67. The summed E-state index contributed by atoms with van der Waals surface area (Å²) in [5.41, 5.74) is 0. The van der Waals surface area contributed by atoms with Crippen molar-refractivity contribution in [2.24, 2.45) is 0 Å². The van der Waals surface area contributed by atoms with Crippen LogP contribution in [0.1, 0.15) is 4.88 Å². The summed E-state index contributed by atoms with van der Waals surface area (Å²) in [6.07, 6.45) is 0. The monoisotopic (exact) mass is 297 g/mol. The van der Waals surface area contributed by atoms with Gasteiger partial charge in [-0.15, -0.1) is 11.3 Å². The lowest BCUT2D eigenvalue weighted by atomic mass is 10.3. The van der Waals surface area contributed by atoms with Crippen LogP contribution in [-0.2, 0) is 16.1 Å². The lowest BCUT2D eigenvalue weighted by Crippen LogP contribution is -2.48. The fourth-order valence-corrected chi connectivity index (χ4v) is 2.96. The molecule has 1 saturated heterocycles. The SMILES string of the molecule is COCCN(Cc1cccs1)C(=O)CN1CCNCC1. The summed E-state index contributed by atoms with van der Waals surface area (Å²) in [6.45, 7) is 6.26. The molecule has 1 N–H and O–H groups in total. The van der Waals surface area contributed by atoms with Crippen molar-refractivity contribution in [3.8, 4) is 0 Å². The molecule has 1 amide bonds. The molecule has 1 aliphatic rings. The van der Waals surface area contributed by atoms with Gasteiger partial charge >= 0.3 is 0 Å². The number of carbonyl (C=O) groups is 1. The Balaban J connectivity index is 1.88. The summed E-state index contributed by atoms with van der Waals surface area (Å²) >= 11 is 1.69. The van der Waals surface area contributed by atoms with E-state index in [4.69, 9.17) is 4.74 Å². The molecule has 112 valence electrons. The third-order valence-corrected chi connectivity index (χ3v) is 4.27. The Morgan fingerprint density at radius 3 is 2.95 bits per heavy atom. The van der Waals surface area contributed by atoms with Gasteiger partial charge in [0.2, 0.25) is 5.91 Å². The van der Waals surface area contributed by atoms with Gasteiger partial charge in [0.05, 0.1) is 19.7 Å². The van der Waals surface area contributed by atoms with Crippen LogP contribution < -0.4 is 5.32 Å². The van der Waals surface area contributed by atoms with Crippen LogP contribution in [0.25, 0.3) is 0 Å². The number of thiophene rings is 1. The van der Waals surface area contributed by atoms with Gasteiger partial charge in [-0.3, -0.25) is 9.69 Å². The van der Waals surface area contributed by atoms with Gasteiger partial charge in [-0.25, -0.2) is 0 Å². The van der Waals surface area contributed by atoms with E-state index < -0.39 is 0 Å². The van der Waals surface area contributed by atoms with Gasteiger partial charge in [0.1, 0.15) is 0 Å². The highest BCUT2D eigenvalue weighted by Crippen LogP contribution is 2.12. The molecule has 6 heteroatoms. The van der Waals surface area contributed by atoms with E-state index >= 15 is 0 Å². The smallest absolute Gasteiger partial charge is 0.237 e. The van der Waals surface area contributed by atoms with Crippen LogP contribution in [0.2, 0.25) is 0 Å². The number of hydrogen-bond acceptors (Lipinski definition) is 5. The van der Waals surface area contributed by atoms with Crippen LogP contribution in [0.4, 0.5) is 0 Å². The number of piperazine rings is 1. The minimum Gasteiger partial charge on any atom is -0.383 e. The molecule has 0 bridgehead atoms. The Morgan fingerprint density at radius 2 is 2.30 bits per heavy atom. The highest BCUT2D eigenvalue weighted by atomic mass is 32.1. The van der Waals surface area contributed by atoms with Crippen LogP contribution in [0.5, 0.6) is 0 Å². The molecule has 1 fully saturated rings. The molecule has 0 aliphatic carbocycles. The predicted octanol–water partition coefficient (Wildman–Crippen LogP) is 0.628. The number of amides is 1. The molecule has 1 aliphatic heterocycles. The molecule has 0 spiro atoms. The number of carbonyl (C=O) groups excluding carboxylic acids is 1. The van der Waals surface area contributed by atoms with E-state index in [9.17, 15) is 4.79 Å². The molecule has 5 nitrogen and oxygen atoms in total. The fraction of sp³-hybridized carbons (Fsp3) is 0.643. The van der Waals surface area contributed by atoms with E-state index in [1.54, 1.807) is 18.4 Å². The maximum absolute atomic E-state index is 12.5. The van der Waals surface area contributed by atoms with E-state index in [1.807, 2.05) is 16.3 Å². The largest absolute Gasteiger partial charge is 0.383 e. The first-order chi connectivity index (χ1) is 9.79. The minimum atomic E-state index is 0.192. The molecular weight excluding hydrogens is 274 g/mol. The Kier molecular flexibility index (Phi) is 6.46. The van der Waals surface area contributed by atoms with Crippen molar-refractivity contribution in [2.75, 3.05) is 53.0 Å². The predicted molar refractivity (Wildman–Crippen MR) is 80.9 cm³/mol. The van der Waals surface area contributed by atoms with Crippen LogP contribution in [-0.4, -0.2) is 68.7 Å². The molecule has 0 atom stereocenters. The van der Waals surface area contributed by atoms with Crippen molar-refractivity contribution in [3.63, 3.8) is 0 Å². The van der Waals surface area contributed by atoms with Crippen LogP contribution in [0.3, 0.4) is 0 Å². The number of methoxy groups -OCH3 is 1. The molecule has 2 rings (SSSR count). The molecule has 1 aromatic heterocycles. The van der Waals surface area contributed by atoms with E-state index in [-0.39, 0.29) is 5.91 Å². The Morgan fingerprint density at radius 1 is 1.50 bits per heavy atom. The minimum absolute atomic E-state index is 0.192. The highest BCUT2D eigenvalue weighted by Gasteiger charge is 2.19. The van der Waals surface area contributed by atoms with E-state index in [2.05, 4.69) is 16.3 Å².